The normalized spacial score (nSPS) is 38.9. The molecule has 2 fully saturated rings. The van der Waals surface area contributed by atoms with Crippen molar-refractivity contribution in [1.82, 2.24) is 4.90 Å². The van der Waals surface area contributed by atoms with Crippen LogP contribution >= 0.6 is 0 Å². The van der Waals surface area contributed by atoms with Crippen LogP contribution in [0.2, 0.25) is 0 Å². The SMILES string of the molecule is C[C@@H]1C[C@H]2COC(C)(C)N2C1=O. The van der Waals surface area contributed by atoms with Gasteiger partial charge in [0.25, 0.3) is 0 Å². The van der Waals surface area contributed by atoms with E-state index in [0.29, 0.717) is 12.6 Å². The van der Waals surface area contributed by atoms with Crippen LogP contribution in [0.25, 0.3) is 0 Å². The zero-order valence-electron chi connectivity index (χ0n) is 7.83. The van der Waals surface area contributed by atoms with Crippen LogP contribution in [-0.4, -0.2) is 29.2 Å². The van der Waals surface area contributed by atoms with Crippen molar-refractivity contribution in [2.75, 3.05) is 6.61 Å². The average Bonchev–Trinajstić information content (AvgIpc) is 2.39. The highest BCUT2D eigenvalue weighted by Gasteiger charge is 2.49. The van der Waals surface area contributed by atoms with Crippen LogP contribution in [0.15, 0.2) is 0 Å². The number of nitrogens with zero attached hydrogens (tertiary/aromatic N) is 1. The van der Waals surface area contributed by atoms with E-state index in [0.717, 1.165) is 6.42 Å². The fourth-order valence-corrected chi connectivity index (χ4v) is 2.25. The van der Waals surface area contributed by atoms with E-state index in [1.54, 1.807) is 0 Å². The minimum Gasteiger partial charge on any atom is -0.354 e. The molecule has 2 aliphatic rings. The number of amides is 1. The monoisotopic (exact) mass is 169 g/mol. The minimum absolute atomic E-state index is 0.193. The molecule has 0 spiro atoms. The maximum atomic E-state index is 11.6. The first-order valence-electron chi connectivity index (χ1n) is 4.49. The summed E-state index contributed by atoms with van der Waals surface area (Å²) in [5, 5.41) is 0. The third-order valence-electron chi connectivity index (χ3n) is 2.86. The zero-order chi connectivity index (χ0) is 8.93. The number of ether oxygens (including phenoxy) is 1. The van der Waals surface area contributed by atoms with Crippen molar-refractivity contribution < 1.29 is 9.53 Å². The standard InChI is InChI=1S/C9H15NO2/c1-6-4-7-5-12-9(2,3)10(7)8(6)11/h6-7H,4-5H2,1-3H3/t6-,7+/m1/s1. The molecule has 0 unspecified atom stereocenters. The largest absolute Gasteiger partial charge is 0.354 e. The number of carbonyl (C=O) groups excluding carboxylic acids is 1. The van der Waals surface area contributed by atoms with Gasteiger partial charge in [0.05, 0.1) is 12.6 Å². The van der Waals surface area contributed by atoms with E-state index in [1.165, 1.54) is 0 Å². The summed E-state index contributed by atoms with van der Waals surface area (Å²) in [6.07, 6.45) is 0.961. The molecule has 2 aliphatic heterocycles. The van der Waals surface area contributed by atoms with Crippen molar-refractivity contribution in [3.05, 3.63) is 0 Å². The highest BCUT2D eigenvalue weighted by atomic mass is 16.5. The topological polar surface area (TPSA) is 29.5 Å². The molecule has 2 heterocycles. The van der Waals surface area contributed by atoms with Gasteiger partial charge in [0.2, 0.25) is 5.91 Å². The summed E-state index contributed by atoms with van der Waals surface area (Å²) in [4.78, 5) is 13.5. The van der Waals surface area contributed by atoms with Gasteiger partial charge in [-0.3, -0.25) is 4.79 Å². The van der Waals surface area contributed by atoms with Gasteiger partial charge >= 0.3 is 0 Å². The first-order chi connectivity index (χ1) is 5.52. The van der Waals surface area contributed by atoms with Gasteiger partial charge in [-0.2, -0.15) is 0 Å². The van der Waals surface area contributed by atoms with E-state index in [1.807, 2.05) is 25.7 Å². The third-order valence-corrected chi connectivity index (χ3v) is 2.86. The highest BCUT2D eigenvalue weighted by molar-refractivity contribution is 5.82. The summed E-state index contributed by atoms with van der Waals surface area (Å²) in [5.74, 6) is 0.445. The second kappa shape index (κ2) is 2.22. The van der Waals surface area contributed by atoms with Gasteiger partial charge < -0.3 is 9.64 Å². The molecule has 2 saturated heterocycles. The first-order valence-corrected chi connectivity index (χ1v) is 4.49. The number of carbonyl (C=O) groups is 1. The van der Waals surface area contributed by atoms with E-state index in [9.17, 15) is 4.79 Å². The van der Waals surface area contributed by atoms with E-state index >= 15 is 0 Å². The van der Waals surface area contributed by atoms with Gasteiger partial charge in [-0.15, -0.1) is 0 Å². The lowest BCUT2D eigenvalue weighted by Crippen LogP contribution is -2.44. The summed E-state index contributed by atoms with van der Waals surface area (Å²) in [5.41, 5.74) is -0.369. The smallest absolute Gasteiger partial charge is 0.228 e. The third kappa shape index (κ3) is 0.891. The van der Waals surface area contributed by atoms with E-state index in [4.69, 9.17) is 4.74 Å². The quantitative estimate of drug-likeness (QED) is 0.541. The van der Waals surface area contributed by atoms with Crippen LogP contribution in [0.3, 0.4) is 0 Å². The Morgan fingerprint density at radius 1 is 1.58 bits per heavy atom. The van der Waals surface area contributed by atoms with Crippen molar-refractivity contribution in [1.29, 1.82) is 0 Å². The molecule has 0 saturated carbocycles. The van der Waals surface area contributed by atoms with Crippen LogP contribution in [0.4, 0.5) is 0 Å². The Morgan fingerprint density at radius 3 is 2.83 bits per heavy atom. The van der Waals surface area contributed by atoms with Crippen molar-refractivity contribution in [2.24, 2.45) is 5.92 Å². The Labute approximate surface area is 72.7 Å². The molecule has 0 aromatic carbocycles. The molecule has 0 bridgehead atoms. The molecule has 2 atom stereocenters. The van der Waals surface area contributed by atoms with Crippen LogP contribution in [-0.2, 0) is 9.53 Å². The maximum absolute atomic E-state index is 11.6. The van der Waals surface area contributed by atoms with E-state index in [2.05, 4.69) is 0 Å². The predicted molar refractivity (Wildman–Crippen MR) is 44.4 cm³/mol. The number of fused-ring (bicyclic) bond motifs is 1. The van der Waals surface area contributed by atoms with Crippen LogP contribution in [0.5, 0.6) is 0 Å². The molecule has 0 N–H and O–H groups in total. The Bertz CT molecular complexity index is 225. The molecule has 12 heavy (non-hydrogen) atoms. The van der Waals surface area contributed by atoms with Crippen molar-refractivity contribution in [3.63, 3.8) is 0 Å². The fourth-order valence-electron chi connectivity index (χ4n) is 2.25. The fraction of sp³-hybridized carbons (Fsp3) is 0.889. The Kier molecular flexibility index (Phi) is 1.49. The predicted octanol–water partition coefficient (Wildman–Crippen LogP) is 0.990. The molecular formula is C9H15NO2. The van der Waals surface area contributed by atoms with Crippen molar-refractivity contribution >= 4 is 5.91 Å². The van der Waals surface area contributed by atoms with Crippen molar-refractivity contribution in [3.8, 4) is 0 Å². The summed E-state index contributed by atoms with van der Waals surface area (Å²) >= 11 is 0. The molecule has 0 aromatic rings. The van der Waals surface area contributed by atoms with Crippen LogP contribution in [0.1, 0.15) is 27.2 Å². The van der Waals surface area contributed by atoms with Gasteiger partial charge in [0.1, 0.15) is 5.72 Å². The first kappa shape index (κ1) is 8.05. The molecular weight excluding hydrogens is 154 g/mol. The maximum Gasteiger partial charge on any atom is 0.228 e. The Balaban J connectivity index is 2.27. The Morgan fingerprint density at radius 2 is 2.25 bits per heavy atom. The van der Waals surface area contributed by atoms with Crippen molar-refractivity contribution in [2.45, 2.75) is 39.0 Å². The summed E-state index contributed by atoms with van der Waals surface area (Å²) in [6.45, 7) is 6.63. The second-order valence-corrected chi connectivity index (χ2v) is 4.26. The minimum atomic E-state index is -0.369. The zero-order valence-corrected chi connectivity index (χ0v) is 7.83. The summed E-state index contributed by atoms with van der Waals surface area (Å²) < 4.78 is 5.53. The highest BCUT2D eigenvalue weighted by Crippen LogP contribution is 2.37. The molecule has 2 rings (SSSR count). The lowest BCUT2D eigenvalue weighted by molar-refractivity contribution is -0.144. The molecule has 3 nitrogen and oxygen atoms in total. The molecule has 0 aromatic heterocycles. The van der Waals surface area contributed by atoms with E-state index < -0.39 is 0 Å². The average molecular weight is 169 g/mol. The van der Waals surface area contributed by atoms with Crippen LogP contribution in [0, 0.1) is 5.92 Å². The van der Waals surface area contributed by atoms with Gasteiger partial charge in [-0.05, 0) is 20.3 Å². The summed E-state index contributed by atoms with van der Waals surface area (Å²) in [6, 6.07) is 0.336. The van der Waals surface area contributed by atoms with Crippen LogP contribution < -0.4 is 0 Å². The molecule has 0 aliphatic carbocycles. The lowest BCUT2D eigenvalue weighted by atomic mass is 10.1. The van der Waals surface area contributed by atoms with Gasteiger partial charge in [-0.1, -0.05) is 6.92 Å². The molecule has 1 amide bonds. The summed E-state index contributed by atoms with van der Waals surface area (Å²) in [7, 11) is 0. The van der Waals surface area contributed by atoms with E-state index in [-0.39, 0.29) is 17.6 Å². The molecule has 0 radical (unpaired) electrons. The van der Waals surface area contributed by atoms with Gasteiger partial charge in [0.15, 0.2) is 0 Å². The number of hydrogen-bond donors (Lipinski definition) is 0. The lowest BCUT2D eigenvalue weighted by Gasteiger charge is -2.29. The van der Waals surface area contributed by atoms with Gasteiger partial charge in [-0.25, -0.2) is 0 Å². The molecule has 68 valence electrons. The Hall–Kier alpha value is -0.570. The molecule has 3 heteroatoms. The number of hydrogen-bond acceptors (Lipinski definition) is 2. The second-order valence-electron chi connectivity index (χ2n) is 4.26. The number of rotatable bonds is 0. The van der Waals surface area contributed by atoms with Gasteiger partial charge in [0, 0.05) is 5.92 Å².